The van der Waals surface area contributed by atoms with Gasteiger partial charge in [0.15, 0.2) is 0 Å². The van der Waals surface area contributed by atoms with Gasteiger partial charge in [0, 0.05) is 51.6 Å². The summed E-state index contributed by atoms with van der Waals surface area (Å²) in [7, 11) is 0. The second-order valence-electron chi connectivity index (χ2n) is 9.69. The van der Waals surface area contributed by atoms with Crippen LogP contribution >= 0.6 is 0 Å². The molecule has 6 nitrogen and oxygen atoms in total. The first-order valence-electron chi connectivity index (χ1n) is 12.0. The van der Waals surface area contributed by atoms with Gasteiger partial charge >= 0.3 is 0 Å². The smallest absolute Gasteiger partial charge is 0.225 e. The van der Waals surface area contributed by atoms with Crippen molar-refractivity contribution in [2.75, 3.05) is 32.7 Å². The Morgan fingerprint density at radius 2 is 1.55 bits per heavy atom. The summed E-state index contributed by atoms with van der Waals surface area (Å²) in [6.07, 6.45) is 3.92. The molecule has 3 heterocycles. The minimum absolute atomic E-state index is 0.0807. The van der Waals surface area contributed by atoms with Crippen LogP contribution in [0.5, 0.6) is 5.75 Å². The van der Waals surface area contributed by atoms with E-state index in [9.17, 15) is 9.59 Å². The number of hydrogen-bond acceptors (Lipinski definition) is 4. The van der Waals surface area contributed by atoms with E-state index in [0.29, 0.717) is 37.0 Å². The summed E-state index contributed by atoms with van der Waals surface area (Å²) in [5.41, 5.74) is 0. The van der Waals surface area contributed by atoms with Crippen molar-refractivity contribution in [1.82, 2.24) is 14.7 Å². The third-order valence-electron chi connectivity index (χ3n) is 7.47. The maximum atomic E-state index is 13.1. The molecule has 0 bridgehead atoms. The van der Waals surface area contributed by atoms with Gasteiger partial charge in [-0.1, -0.05) is 18.2 Å². The number of carbonyl (C=O) groups is 2. The SMILES string of the molecule is CC(=O)N1CCC(C(=O)N2CCC([C@H]3[C@@H](Oc4ccccc4)CN3C(C)C)CC2)CC1. The van der Waals surface area contributed by atoms with Gasteiger partial charge in [-0.15, -0.1) is 0 Å². The zero-order valence-corrected chi connectivity index (χ0v) is 19.2. The fourth-order valence-corrected chi connectivity index (χ4v) is 5.58. The standard InChI is InChI=1S/C25H37N3O3/c1-18(2)28-17-23(31-22-7-5-4-6-8-22)24(28)20-9-15-27(16-10-20)25(30)21-11-13-26(14-12-21)19(3)29/h4-8,18,20-21,23-24H,9-17H2,1-3H3/t23-,24-/m0/s1. The van der Waals surface area contributed by atoms with E-state index in [2.05, 4.69) is 23.6 Å². The van der Waals surface area contributed by atoms with E-state index in [-0.39, 0.29) is 17.9 Å². The monoisotopic (exact) mass is 427 g/mol. The Morgan fingerprint density at radius 1 is 0.935 bits per heavy atom. The first kappa shape index (κ1) is 22.1. The molecular weight excluding hydrogens is 390 g/mol. The minimum Gasteiger partial charge on any atom is -0.487 e. The van der Waals surface area contributed by atoms with Crippen LogP contribution in [0.3, 0.4) is 0 Å². The van der Waals surface area contributed by atoms with Crippen molar-refractivity contribution in [1.29, 1.82) is 0 Å². The Balaban J connectivity index is 1.31. The molecule has 3 fully saturated rings. The highest BCUT2D eigenvalue weighted by Gasteiger charge is 2.47. The van der Waals surface area contributed by atoms with E-state index >= 15 is 0 Å². The van der Waals surface area contributed by atoms with Crippen LogP contribution in [0.2, 0.25) is 0 Å². The lowest BCUT2D eigenvalue weighted by molar-refractivity contribution is -0.143. The van der Waals surface area contributed by atoms with Crippen LogP contribution < -0.4 is 4.74 Å². The van der Waals surface area contributed by atoms with Gasteiger partial charge in [0.1, 0.15) is 11.9 Å². The Kier molecular flexibility index (Phi) is 6.85. The van der Waals surface area contributed by atoms with Crippen LogP contribution in [0.25, 0.3) is 0 Å². The van der Waals surface area contributed by atoms with Gasteiger partial charge in [0.25, 0.3) is 0 Å². The quantitative estimate of drug-likeness (QED) is 0.725. The van der Waals surface area contributed by atoms with Gasteiger partial charge < -0.3 is 14.5 Å². The van der Waals surface area contributed by atoms with Crippen molar-refractivity contribution in [3.63, 3.8) is 0 Å². The second-order valence-corrected chi connectivity index (χ2v) is 9.69. The van der Waals surface area contributed by atoms with Crippen molar-refractivity contribution >= 4 is 11.8 Å². The lowest BCUT2D eigenvalue weighted by Crippen LogP contribution is -2.68. The molecule has 170 valence electrons. The number of rotatable bonds is 5. The average Bonchev–Trinajstić information content (AvgIpc) is 2.77. The fourth-order valence-electron chi connectivity index (χ4n) is 5.58. The lowest BCUT2D eigenvalue weighted by Gasteiger charge is -2.54. The molecule has 6 heteroatoms. The largest absolute Gasteiger partial charge is 0.487 e. The molecule has 2 atom stereocenters. The summed E-state index contributed by atoms with van der Waals surface area (Å²) in [5.74, 6) is 2.01. The van der Waals surface area contributed by atoms with Crippen molar-refractivity contribution in [3.05, 3.63) is 30.3 Å². The Hall–Kier alpha value is -2.08. The third-order valence-corrected chi connectivity index (χ3v) is 7.47. The number of ether oxygens (including phenoxy) is 1. The highest BCUT2D eigenvalue weighted by atomic mass is 16.5. The molecule has 1 aromatic carbocycles. The van der Waals surface area contributed by atoms with Crippen LogP contribution in [0.1, 0.15) is 46.5 Å². The number of likely N-dealkylation sites (tertiary alicyclic amines) is 3. The van der Waals surface area contributed by atoms with Crippen molar-refractivity contribution in [2.24, 2.45) is 11.8 Å². The molecular formula is C25H37N3O3. The Labute approximate surface area is 186 Å². The molecule has 1 aromatic rings. The second kappa shape index (κ2) is 9.60. The number of nitrogens with zero attached hydrogens (tertiary/aromatic N) is 3. The molecule has 3 saturated heterocycles. The number of amides is 2. The van der Waals surface area contributed by atoms with Gasteiger partial charge in [0.2, 0.25) is 11.8 Å². The zero-order chi connectivity index (χ0) is 22.0. The first-order chi connectivity index (χ1) is 14.9. The van der Waals surface area contributed by atoms with Gasteiger partial charge in [-0.3, -0.25) is 14.5 Å². The number of para-hydroxylation sites is 1. The van der Waals surface area contributed by atoms with Crippen LogP contribution in [-0.4, -0.2) is 77.4 Å². The number of piperidine rings is 2. The molecule has 0 N–H and O–H groups in total. The van der Waals surface area contributed by atoms with E-state index in [1.807, 2.05) is 35.2 Å². The normalized spacial score (nSPS) is 26.1. The number of carbonyl (C=O) groups excluding carboxylic acids is 2. The molecule has 0 spiro atoms. The van der Waals surface area contributed by atoms with Crippen LogP contribution in [0.4, 0.5) is 0 Å². The van der Waals surface area contributed by atoms with Gasteiger partial charge in [0.05, 0.1) is 6.04 Å². The summed E-state index contributed by atoms with van der Waals surface area (Å²) in [6, 6.07) is 11.1. The average molecular weight is 428 g/mol. The summed E-state index contributed by atoms with van der Waals surface area (Å²) in [5, 5.41) is 0. The van der Waals surface area contributed by atoms with E-state index in [1.54, 1.807) is 6.92 Å². The van der Waals surface area contributed by atoms with Crippen LogP contribution in [-0.2, 0) is 9.59 Å². The highest BCUT2D eigenvalue weighted by molar-refractivity contribution is 5.79. The van der Waals surface area contributed by atoms with Gasteiger partial charge in [-0.2, -0.15) is 0 Å². The van der Waals surface area contributed by atoms with Crippen molar-refractivity contribution in [2.45, 2.75) is 64.6 Å². The van der Waals surface area contributed by atoms with Crippen LogP contribution in [0, 0.1) is 11.8 Å². The van der Waals surface area contributed by atoms with Gasteiger partial charge in [-0.25, -0.2) is 0 Å². The molecule has 2 amide bonds. The first-order valence-corrected chi connectivity index (χ1v) is 12.0. The lowest BCUT2D eigenvalue weighted by atomic mass is 9.79. The Bertz CT molecular complexity index is 753. The van der Waals surface area contributed by atoms with Crippen LogP contribution in [0.15, 0.2) is 30.3 Å². The molecule has 0 aliphatic carbocycles. The molecule has 0 unspecified atom stereocenters. The van der Waals surface area contributed by atoms with E-state index in [1.165, 1.54) is 0 Å². The molecule has 3 aliphatic rings. The molecule has 0 radical (unpaired) electrons. The molecule has 31 heavy (non-hydrogen) atoms. The van der Waals surface area contributed by atoms with E-state index in [0.717, 1.165) is 51.1 Å². The number of benzene rings is 1. The van der Waals surface area contributed by atoms with E-state index in [4.69, 9.17) is 4.74 Å². The predicted octanol–water partition coefficient (Wildman–Crippen LogP) is 3.02. The Morgan fingerprint density at radius 3 is 2.13 bits per heavy atom. The molecule has 3 aliphatic heterocycles. The predicted molar refractivity (Wildman–Crippen MR) is 121 cm³/mol. The maximum absolute atomic E-state index is 13.1. The topological polar surface area (TPSA) is 53.1 Å². The third kappa shape index (κ3) is 4.89. The van der Waals surface area contributed by atoms with Gasteiger partial charge in [-0.05, 0) is 57.6 Å². The summed E-state index contributed by atoms with van der Waals surface area (Å²) in [4.78, 5) is 31.1. The number of hydrogen-bond donors (Lipinski definition) is 0. The summed E-state index contributed by atoms with van der Waals surface area (Å²) >= 11 is 0. The molecule has 0 saturated carbocycles. The maximum Gasteiger partial charge on any atom is 0.225 e. The fraction of sp³-hybridized carbons (Fsp3) is 0.680. The van der Waals surface area contributed by atoms with E-state index < -0.39 is 0 Å². The summed E-state index contributed by atoms with van der Waals surface area (Å²) < 4.78 is 6.34. The van der Waals surface area contributed by atoms with Crippen molar-refractivity contribution in [3.8, 4) is 5.75 Å². The summed E-state index contributed by atoms with van der Waals surface area (Å²) in [6.45, 7) is 10.2. The van der Waals surface area contributed by atoms with Crippen molar-refractivity contribution < 1.29 is 14.3 Å². The minimum atomic E-state index is 0.0807. The zero-order valence-electron chi connectivity index (χ0n) is 19.2. The molecule has 4 rings (SSSR count). The highest BCUT2D eigenvalue weighted by Crippen LogP contribution is 2.36. The molecule has 0 aromatic heterocycles.